The minimum atomic E-state index is -0.0796. The van der Waals surface area contributed by atoms with Gasteiger partial charge in [0.15, 0.2) is 0 Å². The SMILES string of the molecule is C=CCc1cc(COC)cc(C(C)(C)C)c1O. The molecule has 0 atom stereocenters. The largest absolute Gasteiger partial charge is 0.507 e. The molecule has 0 aliphatic heterocycles. The zero-order valence-electron chi connectivity index (χ0n) is 11.2. The van der Waals surface area contributed by atoms with Crippen molar-refractivity contribution >= 4 is 0 Å². The average molecular weight is 234 g/mol. The van der Waals surface area contributed by atoms with Crippen LogP contribution in [0.4, 0.5) is 0 Å². The van der Waals surface area contributed by atoms with Crippen molar-refractivity contribution < 1.29 is 9.84 Å². The van der Waals surface area contributed by atoms with Gasteiger partial charge in [0.25, 0.3) is 0 Å². The fraction of sp³-hybridized carbons (Fsp3) is 0.467. The van der Waals surface area contributed by atoms with Crippen molar-refractivity contribution in [3.05, 3.63) is 41.5 Å². The van der Waals surface area contributed by atoms with Gasteiger partial charge >= 0.3 is 0 Å². The van der Waals surface area contributed by atoms with Crippen LogP contribution in [0.3, 0.4) is 0 Å². The van der Waals surface area contributed by atoms with E-state index in [1.54, 1.807) is 13.2 Å². The van der Waals surface area contributed by atoms with Gasteiger partial charge in [0, 0.05) is 7.11 Å². The molecule has 94 valence electrons. The molecule has 0 saturated carbocycles. The second-order valence-corrected chi connectivity index (χ2v) is 5.33. The average Bonchev–Trinajstić information content (AvgIpc) is 2.21. The van der Waals surface area contributed by atoms with E-state index in [4.69, 9.17) is 4.74 Å². The summed E-state index contributed by atoms with van der Waals surface area (Å²) in [7, 11) is 1.68. The third-order valence-electron chi connectivity index (χ3n) is 2.73. The third-order valence-corrected chi connectivity index (χ3v) is 2.73. The van der Waals surface area contributed by atoms with Gasteiger partial charge in [0.2, 0.25) is 0 Å². The molecule has 2 heteroatoms. The van der Waals surface area contributed by atoms with Gasteiger partial charge in [-0.15, -0.1) is 6.58 Å². The van der Waals surface area contributed by atoms with Crippen LogP contribution >= 0.6 is 0 Å². The van der Waals surface area contributed by atoms with E-state index in [0.29, 0.717) is 18.8 Å². The van der Waals surface area contributed by atoms with Gasteiger partial charge in [0.1, 0.15) is 5.75 Å². The molecule has 0 amide bonds. The molecule has 1 N–H and O–H groups in total. The molecule has 1 aromatic carbocycles. The maximum absolute atomic E-state index is 10.3. The van der Waals surface area contributed by atoms with E-state index in [2.05, 4.69) is 27.4 Å². The molecule has 0 aliphatic carbocycles. The number of rotatable bonds is 4. The summed E-state index contributed by atoms with van der Waals surface area (Å²) in [5, 5.41) is 10.3. The number of hydrogen-bond acceptors (Lipinski definition) is 2. The molecule has 1 aromatic rings. The maximum atomic E-state index is 10.3. The van der Waals surface area contributed by atoms with E-state index >= 15 is 0 Å². The number of benzene rings is 1. The number of phenols is 1. The van der Waals surface area contributed by atoms with Crippen LogP contribution in [0.5, 0.6) is 5.75 Å². The minimum absolute atomic E-state index is 0.0796. The van der Waals surface area contributed by atoms with Crippen molar-refractivity contribution in [2.75, 3.05) is 7.11 Å². The van der Waals surface area contributed by atoms with Crippen molar-refractivity contribution in [2.45, 2.75) is 39.2 Å². The lowest BCUT2D eigenvalue weighted by Crippen LogP contribution is -2.13. The first-order valence-electron chi connectivity index (χ1n) is 5.85. The number of methoxy groups -OCH3 is 1. The highest BCUT2D eigenvalue weighted by atomic mass is 16.5. The van der Waals surface area contributed by atoms with Crippen LogP contribution in [0, 0.1) is 0 Å². The zero-order valence-corrected chi connectivity index (χ0v) is 11.2. The fourth-order valence-electron chi connectivity index (χ4n) is 1.89. The molecule has 0 aliphatic rings. The van der Waals surface area contributed by atoms with Crippen molar-refractivity contribution in [3.8, 4) is 5.75 Å². The standard InChI is InChI=1S/C15H22O2/c1-6-7-12-8-11(10-17-5)9-13(14(12)16)15(2,3)4/h6,8-9,16H,1,7,10H2,2-5H3. The summed E-state index contributed by atoms with van der Waals surface area (Å²) in [6, 6.07) is 4.00. The number of allylic oxidation sites excluding steroid dienone is 1. The van der Waals surface area contributed by atoms with E-state index in [1.807, 2.05) is 12.1 Å². The van der Waals surface area contributed by atoms with E-state index in [1.165, 1.54) is 0 Å². The van der Waals surface area contributed by atoms with Crippen LogP contribution in [-0.2, 0) is 23.2 Å². The Hall–Kier alpha value is -1.28. The molecular weight excluding hydrogens is 212 g/mol. The molecule has 0 spiro atoms. The van der Waals surface area contributed by atoms with Gasteiger partial charge in [-0.2, -0.15) is 0 Å². The third kappa shape index (κ3) is 3.34. The lowest BCUT2D eigenvalue weighted by atomic mass is 9.83. The van der Waals surface area contributed by atoms with Gasteiger partial charge in [-0.05, 0) is 40.7 Å². The van der Waals surface area contributed by atoms with Crippen molar-refractivity contribution in [2.24, 2.45) is 0 Å². The number of ether oxygens (including phenoxy) is 1. The Morgan fingerprint density at radius 3 is 2.47 bits per heavy atom. The fourth-order valence-corrected chi connectivity index (χ4v) is 1.89. The quantitative estimate of drug-likeness (QED) is 0.807. The molecule has 0 unspecified atom stereocenters. The highest BCUT2D eigenvalue weighted by Gasteiger charge is 2.20. The van der Waals surface area contributed by atoms with E-state index in [9.17, 15) is 5.11 Å². The minimum Gasteiger partial charge on any atom is -0.507 e. The summed E-state index contributed by atoms with van der Waals surface area (Å²) in [5.41, 5.74) is 2.89. The smallest absolute Gasteiger partial charge is 0.122 e. The van der Waals surface area contributed by atoms with E-state index in [-0.39, 0.29) is 5.41 Å². The van der Waals surface area contributed by atoms with Gasteiger partial charge in [-0.25, -0.2) is 0 Å². The van der Waals surface area contributed by atoms with Crippen molar-refractivity contribution in [1.82, 2.24) is 0 Å². The predicted octanol–water partition coefficient (Wildman–Crippen LogP) is 3.56. The van der Waals surface area contributed by atoms with Gasteiger partial charge in [-0.3, -0.25) is 0 Å². The van der Waals surface area contributed by atoms with E-state index in [0.717, 1.165) is 16.7 Å². The molecule has 0 saturated heterocycles. The Bertz CT molecular complexity index is 400. The predicted molar refractivity (Wildman–Crippen MR) is 71.4 cm³/mol. The van der Waals surface area contributed by atoms with Crippen LogP contribution in [0.2, 0.25) is 0 Å². The Kier molecular flexibility index (Phi) is 4.35. The second kappa shape index (κ2) is 5.37. The highest BCUT2D eigenvalue weighted by molar-refractivity contribution is 5.47. The van der Waals surface area contributed by atoms with Crippen LogP contribution < -0.4 is 0 Å². The van der Waals surface area contributed by atoms with Crippen molar-refractivity contribution in [3.63, 3.8) is 0 Å². The number of phenolic OH excluding ortho intramolecular Hbond substituents is 1. The molecule has 2 nitrogen and oxygen atoms in total. The van der Waals surface area contributed by atoms with Crippen LogP contribution in [0.1, 0.15) is 37.5 Å². The molecule has 1 rings (SSSR count). The molecule has 0 aromatic heterocycles. The van der Waals surface area contributed by atoms with E-state index < -0.39 is 0 Å². The normalized spacial score (nSPS) is 11.5. The highest BCUT2D eigenvalue weighted by Crippen LogP contribution is 2.34. The second-order valence-electron chi connectivity index (χ2n) is 5.33. The molecule has 0 heterocycles. The van der Waals surface area contributed by atoms with Crippen molar-refractivity contribution in [1.29, 1.82) is 0 Å². The Morgan fingerprint density at radius 2 is 2.00 bits per heavy atom. The Labute approximate surface area is 104 Å². The first kappa shape index (κ1) is 13.8. The summed E-state index contributed by atoms with van der Waals surface area (Å²) in [5.74, 6) is 0.386. The summed E-state index contributed by atoms with van der Waals surface area (Å²) < 4.78 is 5.16. The Balaban J connectivity index is 3.32. The van der Waals surface area contributed by atoms with Crippen LogP contribution in [-0.4, -0.2) is 12.2 Å². The van der Waals surface area contributed by atoms with Gasteiger partial charge < -0.3 is 9.84 Å². The Morgan fingerprint density at radius 1 is 1.35 bits per heavy atom. The summed E-state index contributed by atoms with van der Waals surface area (Å²) in [6.45, 7) is 10.6. The summed E-state index contributed by atoms with van der Waals surface area (Å²) in [6.07, 6.45) is 2.48. The lowest BCUT2D eigenvalue weighted by molar-refractivity contribution is 0.184. The molecule has 0 bridgehead atoms. The summed E-state index contributed by atoms with van der Waals surface area (Å²) in [4.78, 5) is 0. The molecular formula is C15H22O2. The maximum Gasteiger partial charge on any atom is 0.122 e. The summed E-state index contributed by atoms with van der Waals surface area (Å²) >= 11 is 0. The number of hydrogen-bond donors (Lipinski definition) is 1. The molecule has 0 fully saturated rings. The molecule has 0 radical (unpaired) electrons. The van der Waals surface area contributed by atoms with Gasteiger partial charge in [-0.1, -0.05) is 26.8 Å². The lowest BCUT2D eigenvalue weighted by Gasteiger charge is -2.23. The monoisotopic (exact) mass is 234 g/mol. The van der Waals surface area contributed by atoms with Gasteiger partial charge in [0.05, 0.1) is 6.61 Å². The number of aromatic hydroxyl groups is 1. The molecule has 17 heavy (non-hydrogen) atoms. The first-order chi connectivity index (χ1) is 7.90. The first-order valence-corrected chi connectivity index (χ1v) is 5.85. The van der Waals surface area contributed by atoms with Crippen LogP contribution in [0.15, 0.2) is 24.8 Å². The zero-order chi connectivity index (χ0) is 13.1. The van der Waals surface area contributed by atoms with Crippen LogP contribution in [0.25, 0.3) is 0 Å². The topological polar surface area (TPSA) is 29.5 Å².